The van der Waals surface area contributed by atoms with Crippen molar-refractivity contribution in [2.75, 3.05) is 7.05 Å². The molecule has 0 spiro atoms. The third-order valence-electron chi connectivity index (χ3n) is 3.95. The third kappa shape index (κ3) is 2.99. The fraction of sp³-hybridized carbons (Fsp3) is 0.167. The number of amidine groups is 1. The van der Waals surface area contributed by atoms with Crippen LogP contribution in [0.3, 0.4) is 0 Å². The Morgan fingerprint density at radius 1 is 1.13 bits per heavy atom. The summed E-state index contributed by atoms with van der Waals surface area (Å²) >= 11 is 0. The predicted octanol–water partition coefficient (Wildman–Crippen LogP) is 3.70. The molecule has 3 rings (SSSR count). The standard InChI is InChI=1S/C18H19N5/c1-13-5-3-4-6-16(13)12-23-10-9-14-11-15(7-8-17(14)23)18(21-19)22-20-2/h3-11H,12,19H2,1-2H3/b21-18-,22-20?. The summed E-state index contributed by atoms with van der Waals surface area (Å²) in [6.45, 7) is 2.99. The van der Waals surface area contributed by atoms with Crippen molar-refractivity contribution >= 4 is 16.7 Å². The average molecular weight is 305 g/mol. The van der Waals surface area contributed by atoms with Crippen LogP contribution in [0.15, 0.2) is 70.1 Å². The molecule has 3 aromatic rings. The summed E-state index contributed by atoms with van der Waals surface area (Å²) in [7, 11) is 1.60. The zero-order valence-electron chi connectivity index (χ0n) is 13.3. The number of azo groups is 1. The summed E-state index contributed by atoms with van der Waals surface area (Å²) in [6.07, 6.45) is 2.10. The third-order valence-corrected chi connectivity index (χ3v) is 3.95. The van der Waals surface area contributed by atoms with Crippen molar-refractivity contribution in [3.63, 3.8) is 0 Å². The zero-order chi connectivity index (χ0) is 16.2. The Labute approximate surface area is 135 Å². The molecule has 1 aromatic heterocycles. The van der Waals surface area contributed by atoms with Crippen LogP contribution in [0.25, 0.3) is 10.9 Å². The highest BCUT2D eigenvalue weighted by Gasteiger charge is 2.07. The van der Waals surface area contributed by atoms with Gasteiger partial charge in [-0.25, -0.2) is 0 Å². The highest BCUT2D eigenvalue weighted by Crippen LogP contribution is 2.20. The number of aryl methyl sites for hydroxylation is 1. The van der Waals surface area contributed by atoms with Gasteiger partial charge in [0.05, 0.1) is 0 Å². The lowest BCUT2D eigenvalue weighted by Gasteiger charge is -2.09. The molecule has 2 aromatic carbocycles. The fourth-order valence-corrected chi connectivity index (χ4v) is 2.70. The molecule has 0 aliphatic rings. The molecule has 0 unspecified atom stereocenters. The molecule has 0 radical (unpaired) electrons. The van der Waals surface area contributed by atoms with Crippen LogP contribution in [0.1, 0.15) is 16.7 Å². The first kappa shape index (κ1) is 15.0. The van der Waals surface area contributed by atoms with E-state index in [0.717, 1.165) is 17.5 Å². The van der Waals surface area contributed by atoms with E-state index in [1.807, 2.05) is 12.1 Å². The normalized spacial score (nSPS) is 12.3. The molecule has 0 atom stereocenters. The van der Waals surface area contributed by atoms with Gasteiger partial charge in [0.25, 0.3) is 0 Å². The van der Waals surface area contributed by atoms with Gasteiger partial charge in [-0.3, -0.25) is 0 Å². The Balaban J connectivity index is 1.98. The van der Waals surface area contributed by atoms with Crippen molar-refractivity contribution in [3.05, 3.63) is 71.4 Å². The van der Waals surface area contributed by atoms with Crippen molar-refractivity contribution in [1.82, 2.24) is 4.57 Å². The Bertz CT molecular complexity index is 889. The number of aromatic nitrogens is 1. The summed E-state index contributed by atoms with van der Waals surface area (Å²) < 4.78 is 2.24. The minimum Gasteiger partial charge on any atom is -0.343 e. The number of hydrazone groups is 1. The van der Waals surface area contributed by atoms with E-state index < -0.39 is 0 Å². The van der Waals surface area contributed by atoms with Gasteiger partial charge in [0, 0.05) is 36.3 Å². The van der Waals surface area contributed by atoms with E-state index in [4.69, 9.17) is 5.84 Å². The van der Waals surface area contributed by atoms with Gasteiger partial charge in [0.1, 0.15) is 0 Å². The van der Waals surface area contributed by atoms with E-state index in [1.165, 1.54) is 16.6 Å². The first-order valence-electron chi connectivity index (χ1n) is 7.44. The largest absolute Gasteiger partial charge is 0.343 e. The van der Waals surface area contributed by atoms with E-state index in [9.17, 15) is 0 Å². The molecular formula is C18H19N5. The second-order valence-electron chi connectivity index (χ2n) is 5.40. The maximum atomic E-state index is 5.39. The van der Waals surface area contributed by atoms with Crippen molar-refractivity contribution < 1.29 is 0 Å². The van der Waals surface area contributed by atoms with Crippen LogP contribution < -0.4 is 5.84 Å². The molecule has 2 N–H and O–H groups in total. The molecule has 5 nitrogen and oxygen atoms in total. The number of fused-ring (bicyclic) bond motifs is 1. The summed E-state index contributed by atoms with van der Waals surface area (Å²) in [6, 6.07) is 16.6. The van der Waals surface area contributed by atoms with E-state index in [-0.39, 0.29) is 0 Å². The molecule has 0 aliphatic carbocycles. The Morgan fingerprint density at radius 2 is 1.96 bits per heavy atom. The molecule has 0 aliphatic heterocycles. The van der Waals surface area contributed by atoms with Crippen LogP contribution in [-0.2, 0) is 6.54 Å². The van der Waals surface area contributed by atoms with Gasteiger partial charge in [0.2, 0.25) is 0 Å². The second-order valence-corrected chi connectivity index (χ2v) is 5.40. The van der Waals surface area contributed by atoms with Gasteiger partial charge in [-0.15, -0.1) is 5.11 Å². The number of hydrogen-bond acceptors (Lipinski definition) is 3. The maximum Gasteiger partial charge on any atom is 0.200 e. The Morgan fingerprint density at radius 3 is 2.70 bits per heavy atom. The van der Waals surface area contributed by atoms with Gasteiger partial charge >= 0.3 is 0 Å². The highest BCUT2D eigenvalue weighted by atomic mass is 15.2. The lowest BCUT2D eigenvalue weighted by molar-refractivity contribution is 0.830. The highest BCUT2D eigenvalue weighted by molar-refractivity contribution is 6.01. The minimum absolute atomic E-state index is 0.432. The van der Waals surface area contributed by atoms with Crippen LogP contribution in [-0.4, -0.2) is 17.5 Å². The van der Waals surface area contributed by atoms with Crippen molar-refractivity contribution in [2.45, 2.75) is 13.5 Å². The topological polar surface area (TPSA) is 68.0 Å². The number of nitrogens with two attached hydrogens (primary N) is 1. The molecule has 116 valence electrons. The average Bonchev–Trinajstić information content (AvgIpc) is 2.97. The van der Waals surface area contributed by atoms with Crippen LogP contribution in [0.4, 0.5) is 0 Å². The van der Waals surface area contributed by atoms with Crippen LogP contribution in [0.2, 0.25) is 0 Å². The lowest BCUT2D eigenvalue weighted by atomic mass is 10.1. The summed E-state index contributed by atoms with van der Waals surface area (Å²) in [5.74, 6) is 5.82. The molecule has 0 saturated carbocycles. The molecule has 0 fully saturated rings. The summed E-state index contributed by atoms with van der Waals surface area (Å²) in [5.41, 5.74) is 4.64. The quantitative estimate of drug-likeness (QED) is 0.259. The van der Waals surface area contributed by atoms with E-state index >= 15 is 0 Å². The van der Waals surface area contributed by atoms with Gasteiger partial charge in [-0.2, -0.15) is 10.2 Å². The number of rotatable bonds is 3. The molecule has 5 heteroatoms. The molecule has 0 bridgehead atoms. The molecule has 23 heavy (non-hydrogen) atoms. The lowest BCUT2D eigenvalue weighted by Crippen LogP contribution is -2.02. The predicted molar refractivity (Wildman–Crippen MR) is 93.7 cm³/mol. The van der Waals surface area contributed by atoms with E-state index in [1.54, 1.807) is 7.05 Å². The molecule has 0 saturated heterocycles. The number of hydrogen-bond donors (Lipinski definition) is 1. The molecular weight excluding hydrogens is 286 g/mol. The zero-order valence-corrected chi connectivity index (χ0v) is 13.3. The monoisotopic (exact) mass is 305 g/mol. The minimum atomic E-state index is 0.432. The van der Waals surface area contributed by atoms with Crippen molar-refractivity contribution in [1.29, 1.82) is 0 Å². The van der Waals surface area contributed by atoms with Crippen LogP contribution >= 0.6 is 0 Å². The van der Waals surface area contributed by atoms with Crippen molar-refractivity contribution in [3.8, 4) is 0 Å². The number of nitrogens with zero attached hydrogens (tertiary/aromatic N) is 4. The van der Waals surface area contributed by atoms with Gasteiger partial charge < -0.3 is 10.4 Å². The summed E-state index contributed by atoms with van der Waals surface area (Å²) in [4.78, 5) is 0. The van der Waals surface area contributed by atoms with Gasteiger partial charge in [-0.05, 0) is 42.3 Å². The first-order chi connectivity index (χ1) is 11.2. The molecule has 0 amide bonds. The first-order valence-corrected chi connectivity index (χ1v) is 7.44. The Hall–Kier alpha value is -2.95. The van der Waals surface area contributed by atoms with Gasteiger partial charge in [-0.1, -0.05) is 24.3 Å². The van der Waals surface area contributed by atoms with Gasteiger partial charge in [0.15, 0.2) is 5.84 Å². The Kier molecular flexibility index (Phi) is 4.19. The van der Waals surface area contributed by atoms with E-state index in [0.29, 0.717) is 5.84 Å². The molecule has 1 heterocycles. The summed E-state index contributed by atoms with van der Waals surface area (Å²) in [5, 5.41) is 12.5. The fourth-order valence-electron chi connectivity index (χ4n) is 2.70. The SMILES string of the molecule is CN=N/C(=N\N)c1ccc2c(ccn2Cc2ccccc2C)c1. The second kappa shape index (κ2) is 6.44. The van der Waals surface area contributed by atoms with Crippen LogP contribution in [0, 0.1) is 6.92 Å². The van der Waals surface area contributed by atoms with Crippen molar-refractivity contribution in [2.24, 2.45) is 21.2 Å². The number of benzene rings is 2. The van der Waals surface area contributed by atoms with E-state index in [2.05, 4.69) is 69.4 Å². The maximum absolute atomic E-state index is 5.39. The smallest absolute Gasteiger partial charge is 0.200 e. The van der Waals surface area contributed by atoms with Crippen LogP contribution in [0.5, 0.6) is 0 Å².